The largest absolute Gasteiger partial charge is 0.458 e. The van der Waals surface area contributed by atoms with Crippen LogP contribution >= 0.6 is 0 Å². The molecule has 0 saturated carbocycles. The van der Waals surface area contributed by atoms with Crippen molar-refractivity contribution in [2.45, 2.75) is 70.9 Å². The van der Waals surface area contributed by atoms with Gasteiger partial charge in [0.1, 0.15) is 5.60 Å². The number of rotatable bonds is 2. The first-order valence-electron chi connectivity index (χ1n) is 5.95. The van der Waals surface area contributed by atoms with Crippen LogP contribution in [0.2, 0.25) is 0 Å². The van der Waals surface area contributed by atoms with Crippen molar-refractivity contribution in [3.63, 3.8) is 0 Å². The number of ether oxygens (including phenoxy) is 2. The first kappa shape index (κ1) is 14.4. The third-order valence-electron chi connectivity index (χ3n) is 2.70. The van der Waals surface area contributed by atoms with Crippen molar-refractivity contribution in [2.24, 2.45) is 5.90 Å². The fourth-order valence-corrected chi connectivity index (χ4v) is 2.19. The van der Waals surface area contributed by atoms with E-state index in [1.54, 1.807) is 0 Å². The normalized spacial score (nSPS) is 34.5. The number of carbonyl (C=O) groups excluding carboxylic acids is 1. The van der Waals surface area contributed by atoms with Gasteiger partial charge in [-0.2, -0.15) is 0 Å². The molecular formula is C12H23NO4. The van der Waals surface area contributed by atoms with E-state index in [4.69, 9.17) is 20.2 Å². The Bertz CT molecular complexity index is 275. The van der Waals surface area contributed by atoms with Gasteiger partial charge >= 0.3 is 5.97 Å². The van der Waals surface area contributed by atoms with Crippen molar-refractivity contribution in [3.8, 4) is 0 Å². The summed E-state index contributed by atoms with van der Waals surface area (Å²) in [6, 6.07) is 0. The van der Waals surface area contributed by atoms with E-state index in [9.17, 15) is 4.79 Å². The summed E-state index contributed by atoms with van der Waals surface area (Å²) in [5.41, 5.74) is -1.63. The molecule has 2 atom stereocenters. The molecule has 0 unspecified atom stereocenters. The molecule has 0 aromatic heterocycles. The molecule has 1 heterocycles. The summed E-state index contributed by atoms with van der Waals surface area (Å²) in [5.74, 6) is 4.92. The number of nitrogens with two attached hydrogens (primary N) is 1. The maximum atomic E-state index is 12.2. The van der Waals surface area contributed by atoms with Crippen LogP contribution in [0.1, 0.15) is 47.5 Å². The monoisotopic (exact) mass is 245 g/mol. The van der Waals surface area contributed by atoms with E-state index in [1.165, 1.54) is 0 Å². The van der Waals surface area contributed by atoms with Crippen molar-refractivity contribution in [2.75, 3.05) is 0 Å². The van der Waals surface area contributed by atoms with Gasteiger partial charge in [0.25, 0.3) is 0 Å². The van der Waals surface area contributed by atoms with Crippen molar-refractivity contribution in [3.05, 3.63) is 0 Å². The molecular weight excluding hydrogens is 222 g/mol. The molecule has 1 fully saturated rings. The van der Waals surface area contributed by atoms with Gasteiger partial charge < -0.3 is 9.47 Å². The maximum absolute atomic E-state index is 12.2. The molecule has 1 rings (SSSR count). The molecule has 0 aromatic rings. The molecule has 100 valence electrons. The van der Waals surface area contributed by atoms with E-state index < -0.39 is 17.2 Å². The summed E-state index contributed by atoms with van der Waals surface area (Å²) in [4.78, 5) is 17.1. The first-order valence-corrected chi connectivity index (χ1v) is 5.95. The van der Waals surface area contributed by atoms with Crippen LogP contribution < -0.4 is 5.90 Å². The van der Waals surface area contributed by atoms with E-state index in [-0.39, 0.29) is 12.2 Å². The third-order valence-corrected chi connectivity index (χ3v) is 2.70. The average Bonchev–Trinajstić information content (AvgIpc) is 2.13. The minimum Gasteiger partial charge on any atom is -0.458 e. The maximum Gasteiger partial charge on any atom is 0.341 e. The average molecular weight is 245 g/mol. The Morgan fingerprint density at radius 1 is 1.29 bits per heavy atom. The zero-order valence-electron chi connectivity index (χ0n) is 11.3. The molecule has 0 amide bonds. The van der Waals surface area contributed by atoms with Crippen molar-refractivity contribution in [1.29, 1.82) is 0 Å². The fourth-order valence-electron chi connectivity index (χ4n) is 2.19. The minimum absolute atomic E-state index is 0.0742. The van der Waals surface area contributed by atoms with E-state index in [0.717, 1.165) is 0 Å². The molecule has 17 heavy (non-hydrogen) atoms. The second-order valence-electron chi connectivity index (χ2n) is 5.78. The van der Waals surface area contributed by atoms with Crippen LogP contribution in [0.4, 0.5) is 0 Å². The minimum atomic E-state index is -1.08. The van der Waals surface area contributed by atoms with Crippen LogP contribution in [0, 0.1) is 0 Å². The van der Waals surface area contributed by atoms with Gasteiger partial charge in [0.15, 0.2) is 5.60 Å². The lowest BCUT2D eigenvalue weighted by molar-refractivity contribution is -0.209. The lowest BCUT2D eigenvalue weighted by Gasteiger charge is -2.40. The summed E-state index contributed by atoms with van der Waals surface area (Å²) in [7, 11) is 0. The number of hydrogen-bond donors (Lipinski definition) is 1. The number of esters is 1. The highest BCUT2D eigenvalue weighted by Gasteiger charge is 2.48. The highest BCUT2D eigenvalue weighted by Crippen LogP contribution is 2.33. The molecule has 1 aliphatic heterocycles. The Hall–Kier alpha value is -0.650. The molecule has 0 radical (unpaired) electrons. The number of hydrogen-bond acceptors (Lipinski definition) is 5. The van der Waals surface area contributed by atoms with Gasteiger partial charge in [-0.25, -0.2) is 10.7 Å². The molecule has 0 bridgehead atoms. The van der Waals surface area contributed by atoms with Gasteiger partial charge in [-0.05, 0) is 34.6 Å². The second-order valence-corrected chi connectivity index (χ2v) is 5.78. The zero-order chi connectivity index (χ0) is 13.3. The van der Waals surface area contributed by atoms with Crippen LogP contribution in [-0.4, -0.2) is 29.4 Å². The fraction of sp³-hybridized carbons (Fsp3) is 0.917. The van der Waals surface area contributed by atoms with Gasteiger partial charge in [0.05, 0.1) is 12.2 Å². The molecule has 5 nitrogen and oxygen atoms in total. The predicted octanol–water partition coefficient (Wildman–Crippen LogP) is 1.54. The van der Waals surface area contributed by atoms with E-state index in [2.05, 4.69) is 0 Å². The van der Waals surface area contributed by atoms with Gasteiger partial charge in [0.2, 0.25) is 0 Å². The van der Waals surface area contributed by atoms with E-state index >= 15 is 0 Å². The van der Waals surface area contributed by atoms with Crippen LogP contribution in [0.3, 0.4) is 0 Å². The van der Waals surface area contributed by atoms with Crippen LogP contribution in [0.15, 0.2) is 0 Å². The Morgan fingerprint density at radius 3 is 2.12 bits per heavy atom. The van der Waals surface area contributed by atoms with Crippen LogP contribution in [-0.2, 0) is 19.1 Å². The summed E-state index contributed by atoms with van der Waals surface area (Å²) < 4.78 is 10.9. The van der Waals surface area contributed by atoms with E-state index in [0.29, 0.717) is 12.8 Å². The van der Waals surface area contributed by atoms with Gasteiger partial charge in [-0.3, -0.25) is 4.84 Å². The Balaban J connectivity index is 2.84. The third kappa shape index (κ3) is 3.66. The van der Waals surface area contributed by atoms with Crippen LogP contribution in [0.5, 0.6) is 0 Å². The molecule has 0 aromatic carbocycles. The number of carbonyl (C=O) groups is 1. The smallest absolute Gasteiger partial charge is 0.341 e. The molecule has 0 aliphatic carbocycles. The quantitative estimate of drug-likeness (QED) is 0.590. The van der Waals surface area contributed by atoms with Crippen LogP contribution in [0.25, 0.3) is 0 Å². The summed E-state index contributed by atoms with van der Waals surface area (Å²) >= 11 is 0. The van der Waals surface area contributed by atoms with Gasteiger partial charge in [-0.1, -0.05) is 0 Å². The van der Waals surface area contributed by atoms with Crippen molar-refractivity contribution >= 4 is 5.97 Å². The molecule has 1 aliphatic rings. The summed E-state index contributed by atoms with van der Waals surface area (Å²) in [5, 5.41) is 0. The Kier molecular flexibility index (Phi) is 4.17. The molecule has 2 N–H and O–H groups in total. The van der Waals surface area contributed by atoms with Gasteiger partial charge in [0, 0.05) is 12.8 Å². The lowest BCUT2D eigenvalue weighted by atomic mass is 9.87. The lowest BCUT2D eigenvalue weighted by Crippen LogP contribution is -2.54. The highest BCUT2D eigenvalue weighted by atomic mass is 16.7. The highest BCUT2D eigenvalue weighted by molar-refractivity contribution is 5.80. The first-order chi connectivity index (χ1) is 7.68. The molecule has 5 heteroatoms. The topological polar surface area (TPSA) is 70.8 Å². The standard InChI is InChI=1S/C12H23NO4/c1-8-6-12(17-13,7-9(2)15-8)10(14)16-11(3,4)5/h8-9H,6-7,13H2,1-5H3/t8-,9-/m1/s1. The Morgan fingerprint density at radius 2 is 1.76 bits per heavy atom. The second kappa shape index (κ2) is 4.92. The zero-order valence-corrected chi connectivity index (χ0v) is 11.3. The predicted molar refractivity (Wildman–Crippen MR) is 63.1 cm³/mol. The molecule has 0 spiro atoms. The Labute approximate surface area is 103 Å². The SMILES string of the molecule is C[C@@H]1CC(ON)(C(=O)OC(C)(C)C)C[C@@H](C)O1. The van der Waals surface area contributed by atoms with Gasteiger partial charge in [-0.15, -0.1) is 0 Å². The molecule has 1 saturated heterocycles. The van der Waals surface area contributed by atoms with Crippen molar-refractivity contribution in [1.82, 2.24) is 0 Å². The summed E-state index contributed by atoms with van der Waals surface area (Å²) in [6.45, 7) is 9.26. The van der Waals surface area contributed by atoms with Crippen molar-refractivity contribution < 1.29 is 19.1 Å². The van der Waals surface area contributed by atoms with E-state index in [1.807, 2.05) is 34.6 Å². The summed E-state index contributed by atoms with van der Waals surface area (Å²) in [6.07, 6.45) is 0.690.